The van der Waals surface area contributed by atoms with Gasteiger partial charge < -0.3 is 15.4 Å². The summed E-state index contributed by atoms with van der Waals surface area (Å²) in [5.74, 6) is -1.78. The second kappa shape index (κ2) is 11.3. The zero-order valence-electron chi connectivity index (χ0n) is 19.0. The molecule has 0 fully saturated rings. The van der Waals surface area contributed by atoms with Crippen molar-refractivity contribution < 1.29 is 23.9 Å². The van der Waals surface area contributed by atoms with E-state index < -0.39 is 18.4 Å². The van der Waals surface area contributed by atoms with Gasteiger partial charge in [-0.1, -0.05) is 35.9 Å². The lowest BCUT2D eigenvalue weighted by molar-refractivity contribution is -0.114. The number of carbonyl (C=O) groups is 4. The van der Waals surface area contributed by atoms with E-state index in [1.54, 1.807) is 54.6 Å². The molecule has 0 spiro atoms. The van der Waals surface area contributed by atoms with Crippen LogP contribution < -0.4 is 10.6 Å². The molecule has 0 bridgehead atoms. The Bertz CT molecular complexity index is 1260. The summed E-state index contributed by atoms with van der Waals surface area (Å²) in [7, 11) is 0. The number of Topliss-reactive ketones (excluding diaryl/α,β-unsaturated/α-hetero) is 1. The number of para-hydroxylation sites is 1. The van der Waals surface area contributed by atoms with Gasteiger partial charge in [0.2, 0.25) is 5.91 Å². The number of benzene rings is 3. The molecular weight excluding hydrogens is 452 g/mol. The fourth-order valence-corrected chi connectivity index (χ4v) is 3.75. The molecule has 34 heavy (non-hydrogen) atoms. The van der Waals surface area contributed by atoms with E-state index in [2.05, 4.69) is 10.6 Å². The molecule has 0 radical (unpaired) electrons. The predicted octanol–water partition coefficient (Wildman–Crippen LogP) is 4.97. The molecule has 3 aromatic carbocycles. The Morgan fingerprint density at radius 2 is 1.62 bits per heavy atom. The summed E-state index contributed by atoms with van der Waals surface area (Å²) >= 11 is 1.43. The Balaban J connectivity index is 1.70. The average Bonchev–Trinajstić information content (AvgIpc) is 2.82. The van der Waals surface area contributed by atoms with Gasteiger partial charge in [0.05, 0.1) is 16.9 Å². The molecule has 2 amide bonds. The fourth-order valence-electron chi connectivity index (χ4n) is 3.21. The topological polar surface area (TPSA) is 102 Å². The first-order valence-corrected chi connectivity index (χ1v) is 11.6. The normalized spacial score (nSPS) is 10.3. The van der Waals surface area contributed by atoms with E-state index >= 15 is 0 Å². The highest BCUT2D eigenvalue weighted by Crippen LogP contribution is 2.27. The molecule has 8 heteroatoms. The molecule has 3 aromatic rings. The van der Waals surface area contributed by atoms with Crippen molar-refractivity contribution in [3.8, 4) is 0 Å². The zero-order valence-corrected chi connectivity index (χ0v) is 19.8. The van der Waals surface area contributed by atoms with E-state index in [9.17, 15) is 19.2 Å². The molecular formula is C26H24N2O5S. The summed E-state index contributed by atoms with van der Waals surface area (Å²) in [5, 5.41) is 5.42. The van der Waals surface area contributed by atoms with Crippen molar-refractivity contribution >= 4 is 46.7 Å². The van der Waals surface area contributed by atoms with Crippen LogP contribution in [0.3, 0.4) is 0 Å². The van der Waals surface area contributed by atoms with Gasteiger partial charge in [-0.05, 0) is 49.6 Å². The first-order valence-electron chi connectivity index (χ1n) is 10.4. The Kier molecular flexibility index (Phi) is 8.21. The van der Waals surface area contributed by atoms with Crippen LogP contribution >= 0.6 is 11.8 Å². The summed E-state index contributed by atoms with van der Waals surface area (Å²) < 4.78 is 5.24. The first-order chi connectivity index (χ1) is 16.3. The number of aryl methyl sites for hydroxylation is 1. The summed E-state index contributed by atoms with van der Waals surface area (Å²) in [4.78, 5) is 50.2. The van der Waals surface area contributed by atoms with Gasteiger partial charge in [0.25, 0.3) is 5.91 Å². The van der Waals surface area contributed by atoms with Gasteiger partial charge in [0, 0.05) is 22.9 Å². The smallest absolute Gasteiger partial charge is 0.340 e. The van der Waals surface area contributed by atoms with Crippen molar-refractivity contribution in [2.75, 3.05) is 23.5 Å². The maximum Gasteiger partial charge on any atom is 0.340 e. The van der Waals surface area contributed by atoms with Crippen molar-refractivity contribution in [1.82, 2.24) is 0 Å². The van der Waals surface area contributed by atoms with E-state index in [1.165, 1.54) is 24.8 Å². The second-order valence-electron chi connectivity index (χ2n) is 7.46. The molecule has 0 heterocycles. The maximum atomic E-state index is 12.7. The van der Waals surface area contributed by atoms with Crippen molar-refractivity contribution in [2.24, 2.45) is 0 Å². The van der Waals surface area contributed by atoms with E-state index in [0.717, 1.165) is 10.5 Å². The molecule has 3 rings (SSSR count). The third-order valence-corrected chi connectivity index (χ3v) is 5.64. The molecule has 0 aliphatic rings. The number of amides is 2. The summed E-state index contributed by atoms with van der Waals surface area (Å²) in [5.41, 5.74) is 2.63. The van der Waals surface area contributed by atoms with Crippen molar-refractivity contribution in [3.63, 3.8) is 0 Å². The van der Waals surface area contributed by atoms with Crippen LogP contribution in [0.1, 0.15) is 43.6 Å². The minimum atomic E-state index is -0.740. The van der Waals surface area contributed by atoms with Gasteiger partial charge in [-0.3, -0.25) is 14.4 Å². The monoisotopic (exact) mass is 476 g/mol. The minimum Gasteiger partial charge on any atom is -0.454 e. The molecule has 174 valence electrons. The summed E-state index contributed by atoms with van der Waals surface area (Å²) in [6.45, 7) is 2.78. The molecule has 2 N–H and O–H groups in total. The van der Waals surface area contributed by atoms with Crippen LogP contribution in [0.25, 0.3) is 0 Å². The number of anilines is 2. The Morgan fingerprint density at radius 3 is 2.32 bits per heavy atom. The van der Waals surface area contributed by atoms with Crippen LogP contribution in [-0.4, -0.2) is 36.4 Å². The van der Waals surface area contributed by atoms with Gasteiger partial charge in [-0.15, -0.1) is 11.8 Å². The van der Waals surface area contributed by atoms with Gasteiger partial charge in [-0.25, -0.2) is 4.79 Å². The lowest BCUT2D eigenvalue weighted by Crippen LogP contribution is -2.18. The standard InChI is InChI=1S/C26H24N2O5S/c1-16-7-6-8-19(13-16)25(31)28-21-10-5-4-9-20(21)26(32)33-15-23(30)18-11-12-24(34-3)22(14-18)27-17(2)29/h4-14H,15H2,1-3H3,(H,27,29)(H,28,31). The number of ether oxygens (including phenoxy) is 1. The number of nitrogens with one attached hydrogen (secondary N) is 2. The lowest BCUT2D eigenvalue weighted by Gasteiger charge is -2.12. The molecule has 0 saturated carbocycles. The minimum absolute atomic E-state index is 0.132. The number of thioether (sulfide) groups is 1. The zero-order chi connectivity index (χ0) is 24.7. The summed E-state index contributed by atoms with van der Waals surface area (Å²) in [6.07, 6.45) is 1.86. The third-order valence-electron chi connectivity index (χ3n) is 4.84. The van der Waals surface area contributed by atoms with Crippen LogP contribution in [0.4, 0.5) is 11.4 Å². The number of hydrogen-bond acceptors (Lipinski definition) is 6. The SMILES string of the molecule is CSc1ccc(C(=O)COC(=O)c2ccccc2NC(=O)c2cccc(C)c2)cc1NC(C)=O. The highest BCUT2D eigenvalue weighted by molar-refractivity contribution is 7.98. The van der Waals surface area contributed by atoms with E-state index in [0.29, 0.717) is 16.8 Å². The molecule has 0 unspecified atom stereocenters. The largest absolute Gasteiger partial charge is 0.454 e. The van der Waals surface area contributed by atoms with Crippen LogP contribution in [0, 0.1) is 6.92 Å². The highest BCUT2D eigenvalue weighted by Gasteiger charge is 2.18. The van der Waals surface area contributed by atoms with Gasteiger partial charge >= 0.3 is 5.97 Å². The second-order valence-corrected chi connectivity index (χ2v) is 8.31. The van der Waals surface area contributed by atoms with Crippen LogP contribution in [0.15, 0.2) is 71.6 Å². The molecule has 0 atom stereocenters. The van der Waals surface area contributed by atoms with E-state index in [1.807, 2.05) is 19.2 Å². The molecule has 0 aliphatic carbocycles. The van der Waals surface area contributed by atoms with E-state index in [-0.39, 0.29) is 23.1 Å². The van der Waals surface area contributed by atoms with Gasteiger partial charge in [-0.2, -0.15) is 0 Å². The highest BCUT2D eigenvalue weighted by atomic mass is 32.2. The van der Waals surface area contributed by atoms with Crippen molar-refractivity contribution in [1.29, 1.82) is 0 Å². The molecule has 0 saturated heterocycles. The number of ketones is 1. The Labute approximate surface area is 201 Å². The van der Waals surface area contributed by atoms with Crippen LogP contribution in [-0.2, 0) is 9.53 Å². The first kappa shape index (κ1) is 24.7. The van der Waals surface area contributed by atoms with E-state index in [4.69, 9.17) is 4.74 Å². The third kappa shape index (κ3) is 6.32. The van der Waals surface area contributed by atoms with Crippen LogP contribution in [0.2, 0.25) is 0 Å². The Hall–Kier alpha value is -3.91. The number of esters is 1. The molecule has 0 aliphatic heterocycles. The Morgan fingerprint density at radius 1 is 0.853 bits per heavy atom. The molecule has 0 aromatic heterocycles. The fraction of sp³-hybridized carbons (Fsp3) is 0.154. The number of hydrogen-bond donors (Lipinski definition) is 2. The van der Waals surface area contributed by atoms with Crippen LogP contribution in [0.5, 0.6) is 0 Å². The molecule has 7 nitrogen and oxygen atoms in total. The van der Waals surface area contributed by atoms with Crippen molar-refractivity contribution in [2.45, 2.75) is 18.7 Å². The quantitative estimate of drug-likeness (QED) is 0.270. The lowest BCUT2D eigenvalue weighted by atomic mass is 10.1. The number of carbonyl (C=O) groups excluding carboxylic acids is 4. The number of rotatable bonds is 8. The van der Waals surface area contributed by atoms with Gasteiger partial charge in [0.15, 0.2) is 12.4 Å². The average molecular weight is 477 g/mol. The maximum absolute atomic E-state index is 12.7. The predicted molar refractivity (Wildman–Crippen MR) is 133 cm³/mol. The summed E-state index contributed by atoms with van der Waals surface area (Å²) in [6, 6.07) is 18.4. The van der Waals surface area contributed by atoms with Gasteiger partial charge in [0.1, 0.15) is 0 Å². The van der Waals surface area contributed by atoms with Crippen molar-refractivity contribution in [3.05, 3.63) is 89.0 Å².